The second-order valence-corrected chi connectivity index (χ2v) is 7.15. The molecule has 2 heterocycles. The van der Waals surface area contributed by atoms with Gasteiger partial charge in [0, 0.05) is 11.6 Å². The van der Waals surface area contributed by atoms with Crippen LogP contribution in [0.2, 0.25) is 0 Å². The van der Waals surface area contributed by atoms with Crippen molar-refractivity contribution in [1.82, 2.24) is 10.2 Å². The summed E-state index contributed by atoms with van der Waals surface area (Å²) in [4.78, 5) is 26.0. The van der Waals surface area contributed by atoms with Crippen LogP contribution in [-0.2, 0) is 17.5 Å². The fourth-order valence-electron chi connectivity index (χ4n) is 3.28. The summed E-state index contributed by atoms with van der Waals surface area (Å²) in [5.41, 5.74) is 1.32. The summed E-state index contributed by atoms with van der Waals surface area (Å²) >= 11 is 0. The van der Waals surface area contributed by atoms with Crippen LogP contribution < -0.4 is 5.32 Å². The Balaban J connectivity index is 1.54. The highest BCUT2D eigenvalue weighted by molar-refractivity contribution is 6.13. The third-order valence-electron chi connectivity index (χ3n) is 4.77. The van der Waals surface area contributed by atoms with Crippen LogP contribution >= 0.6 is 0 Å². The van der Waals surface area contributed by atoms with Crippen molar-refractivity contribution in [3.63, 3.8) is 0 Å². The predicted molar refractivity (Wildman–Crippen MR) is 107 cm³/mol. The molecule has 1 aliphatic rings. The standard InChI is InChI=1S/C23H17F3N2O3/c1-14-4-2-5-15(10-14)13-28-21(29)19(27-22(28)30)12-18-8-9-20(31-18)16-6-3-7-17(11-16)23(24,25)26/h2-12H,13H2,1H3,(H,27,30)/b19-12+. The summed E-state index contributed by atoms with van der Waals surface area (Å²) in [6, 6.07) is 14.7. The molecule has 31 heavy (non-hydrogen) atoms. The molecule has 3 amide bonds. The Kier molecular flexibility index (Phi) is 5.14. The maximum Gasteiger partial charge on any atom is 0.416 e. The zero-order valence-corrected chi connectivity index (χ0v) is 16.4. The van der Waals surface area contributed by atoms with Gasteiger partial charge in [-0.1, -0.05) is 42.0 Å². The molecule has 1 aliphatic heterocycles. The summed E-state index contributed by atoms with van der Waals surface area (Å²) in [6.07, 6.45) is -3.11. The van der Waals surface area contributed by atoms with E-state index in [0.29, 0.717) is 0 Å². The lowest BCUT2D eigenvalue weighted by Gasteiger charge is -2.12. The van der Waals surface area contributed by atoms with Crippen LogP contribution in [0.5, 0.6) is 0 Å². The molecule has 0 radical (unpaired) electrons. The summed E-state index contributed by atoms with van der Waals surface area (Å²) in [5.74, 6) is -0.0664. The van der Waals surface area contributed by atoms with E-state index in [1.165, 1.54) is 30.3 Å². The lowest BCUT2D eigenvalue weighted by Crippen LogP contribution is -2.30. The lowest BCUT2D eigenvalue weighted by molar-refractivity contribution is -0.137. The van der Waals surface area contributed by atoms with Gasteiger partial charge in [0.05, 0.1) is 12.1 Å². The van der Waals surface area contributed by atoms with Gasteiger partial charge in [-0.2, -0.15) is 13.2 Å². The summed E-state index contributed by atoms with van der Waals surface area (Å²) in [5, 5.41) is 2.50. The number of benzene rings is 2. The number of carbonyl (C=O) groups excluding carboxylic acids is 2. The minimum absolute atomic E-state index is 0.0302. The van der Waals surface area contributed by atoms with Gasteiger partial charge in [0.2, 0.25) is 0 Å². The van der Waals surface area contributed by atoms with Crippen molar-refractivity contribution in [2.75, 3.05) is 0 Å². The zero-order chi connectivity index (χ0) is 22.2. The van der Waals surface area contributed by atoms with Crippen LogP contribution in [-0.4, -0.2) is 16.8 Å². The Morgan fingerprint density at radius 2 is 1.81 bits per heavy atom. The maximum atomic E-state index is 12.9. The summed E-state index contributed by atoms with van der Waals surface area (Å²) < 4.78 is 44.4. The molecule has 1 N–H and O–H groups in total. The molecule has 3 aromatic rings. The van der Waals surface area contributed by atoms with Gasteiger partial charge in [0.25, 0.3) is 5.91 Å². The fourth-order valence-corrected chi connectivity index (χ4v) is 3.28. The summed E-state index contributed by atoms with van der Waals surface area (Å²) in [7, 11) is 0. The molecule has 5 nitrogen and oxygen atoms in total. The molecule has 1 fully saturated rings. The molecular formula is C23H17F3N2O3. The highest BCUT2D eigenvalue weighted by atomic mass is 19.4. The Morgan fingerprint density at radius 1 is 1.03 bits per heavy atom. The van der Waals surface area contributed by atoms with Gasteiger partial charge in [0.1, 0.15) is 17.2 Å². The van der Waals surface area contributed by atoms with E-state index in [4.69, 9.17) is 4.42 Å². The van der Waals surface area contributed by atoms with E-state index < -0.39 is 23.7 Å². The van der Waals surface area contributed by atoms with E-state index in [0.717, 1.165) is 28.2 Å². The first-order chi connectivity index (χ1) is 14.7. The second-order valence-electron chi connectivity index (χ2n) is 7.15. The molecule has 0 atom stereocenters. The average Bonchev–Trinajstić information content (AvgIpc) is 3.28. The van der Waals surface area contributed by atoms with Gasteiger partial charge in [-0.05, 0) is 36.8 Å². The number of amides is 3. The summed E-state index contributed by atoms with van der Waals surface area (Å²) in [6.45, 7) is 2.04. The minimum Gasteiger partial charge on any atom is -0.457 e. The number of carbonyl (C=O) groups is 2. The SMILES string of the molecule is Cc1cccc(CN2C(=O)N/C(=C/c3ccc(-c4cccc(C(F)(F)F)c4)o3)C2=O)c1. The van der Waals surface area contributed by atoms with Crippen molar-refractivity contribution < 1.29 is 27.2 Å². The van der Waals surface area contributed by atoms with Crippen LogP contribution in [0.4, 0.5) is 18.0 Å². The van der Waals surface area contributed by atoms with Crippen molar-refractivity contribution in [2.24, 2.45) is 0 Å². The number of hydrogen-bond donors (Lipinski definition) is 1. The Morgan fingerprint density at radius 3 is 2.55 bits per heavy atom. The molecule has 158 valence electrons. The molecule has 0 bridgehead atoms. The highest BCUT2D eigenvalue weighted by Gasteiger charge is 2.34. The van der Waals surface area contributed by atoms with Gasteiger partial charge in [-0.15, -0.1) is 0 Å². The Bertz CT molecular complexity index is 1190. The van der Waals surface area contributed by atoms with Crippen LogP contribution in [0, 0.1) is 6.92 Å². The molecule has 0 saturated carbocycles. The van der Waals surface area contributed by atoms with Gasteiger partial charge in [0.15, 0.2) is 0 Å². The first kappa shape index (κ1) is 20.5. The number of nitrogens with zero attached hydrogens (tertiary/aromatic N) is 1. The van der Waals surface area contributed by atoms with E-state index in [1.54, 1.807) is 0 Å². The molecule has 0 spiro atoms. The third kappa shape index (κ3) is 4.37. The highest BCUT2D eigenvalue weighted by Crippen LogP contribution is 2.33. The van der Waals surface area contributed by atoms with Crippen LogP contribution in [0.15, 0.2) is 70.8 Å². The molecular weight excluding hydrogens is 409 g/mol. The van der Waals surface area contributed by atoms with Gasteiger partial charge >= 0.3 is 12.2 Å². The van der Waals surface area contributed by atoms with Crippen molar-refractivity contribution in [1.29, 1.82) is 0 Å². The molecule has 2 aromatic carbocycles. The van der Waals surface area contributed by atoms with Crippen molar-refractivity contribution in [2.45, 2.75) is 19.6 Å². The van der Waals surface area contributed by atoms with E-state index in [2.05, 4.69) is 5.32 Å². The number of imide groups is 1. The molecule has 8 heteroatoms. The number of aryl methyl sites for hydroxylation is 1. The topological polar surface area (TPSA) is 62.6 Å². The average molecular weight is 426 g/mol. The number of nitrogens with one attached hydrogen (secondary N) is 1. The molecule has 1 aromatic heterocycles. The molecule has 1 saturated heterocycles. The second kappa shape index (κ2) is 7.79. The van der Waals surface area contributed by atoms with Crippen molar-refractivity contribution >= 4 is 18.0 Å². The number of hydrogen-bond acceptors (Lipinski definition) is 3. The maximum absolute atomic E-state index is 12.9. The number of alkyl halides is 3. The minimum atomic E-state index is -4.46. The smallest absolute Gasteiger partial charge is 0.416 e. The first-order valence-electron chi connectivity index (χ1n) is 9.38. The van der Waals surface area contributed by atoms with Crippen LogP contribution in [0.3, 0.4) is 0 Å². The van der Waals surface area contributed by atoms with Gasteiger partial charge in [-0.3, -0.25) is 9.69 Å². The van der Waals surface area contributed by atoms with E-state index in [9.17, 15) is 22.8 Å². The predicted octanol–water partition coefficient (Wildman–Crippen LogP) is 5.37. The fraction of sp³-hybridized carbons (Fsp3) is 0.130. The van der Waals surface area contributed by atoms with E-state index in [1.807, 2.05) is 31.2 Å². The number of rotatable bonds is 4. The van der Waals surface area contributed by atoms with Crippen LogP contribution in [0.1, 0.15) is 22.5 Å². The van der Waals surface area contributed by atoms with Gasteiger partial charge < -0.3 is 9.73 Å². The van der Waals surface area contributed by atoms with Gasteiger partial charge in [-0.25, -0.2) is 4.79 Å². The monoisotopic (exact) mass is 426 g/mol. The van der Waals surface area contributed by atoms with Crippen LogP contribution in [0.25, 0.3) is 17.4 Å². The van der Waals surface area contributed by atoms with E-state index >= 15 is 0 Å². The lowest BCUT2D eigenvalue weighted by atomic mass is 10.1. The molecule has 4 rings (SSSR count). The zero-order valence-electron chi connectivity index (χ0n) is 16.4. The molecule has 0 unspecified atom stereocenters. The quantitative estimate of drug-likeness (QED) is 0.451. The number of halogens is 3. The van der Waals surface area contributed by atoms with E-state index in [-0.39, 0.29) is 29.3 Å². The first-order valence-corrected chi connectivity index (χ1v) is 9.38. The Hall–Kier alpha value is -3.81. The largest absolute Gasteiger partial charge is 0.457 e. The number of furan rings is 1. The van der Waals surface area contributed by atoms with Crippen molar-refractivity contribution in [3.8, 4) is 11.3 Å². The normalized spacial score (nSPS) is 15.6. The number of urea groups is 1. The van der Waals surface area contributed by atoms with Crippen molar-refractivity contribution in [3.05, 3.63) is 88.8 Å². The third-order valence-corrected chi connectivity index (χ3v) is 4.77. The molecule has 0 aliphatic carbocycles. The Labute approximate surface area is 175 Å².